The minimum absolute atomic E-state index is 0.259. The molecule has 0 aliphatic rings. The molecule has 1 aromatic heterocycles. The number of hydrogen-bond acceptors (Lipinski definition) is 2. The van der Waals surface area contributed by atoms with Gasteiger partial charge in [0.15, 0.2) is 0 Å². The second-order valence-corrected chi connectivity index (χ2v) is 2.84. The van der Waals surface area contributed by atoms with E-state index in [1.165, 1.54) is 0 Å². The molecule has 2 N–H and O–H groups in total. The molecule has 0 spiro atoms. The zero-order valence-electron chi connectivity index (χ0n) is 7.66. The largest absolute Gasteiger partial charge is 0.366 e. The summed E-state index contributed by atoms with van der Waals surface area (Å²) in [6, 6.07) is 0. The minimum atomic E-state index is -0.526. The van der Waals surface area contributed by atoms with E-state index in [2.05, 4.69) is 18.5 Å². The average Bonchev–Trinajstić information content (AvgIpc) is 2.52. The normalized spacial score (nSPS) is 9.92. The molecule has 13 heavy (non-hydrogen) atoms. The van der Waals surface area contributed by atoms with E-state index < -0.39 is 5.91 Å². The first-order chi connectivity index (χ1) is 6.15. The molecular weight excluding hydrogens is 166 g/mol. The van der Waals surface area contributed by atoms with Gasteiger partial charge in [-0.1, -0.05) is 13.5 Å². The summed E-state index contributed by atoms with van der Waals surface area (Å²) in [5.74, 6) is -0.526. The van der Waals surface area contributed by atoms with Crippen LogP contribution in [-0.2, 0) is 11.3 Å². The molecule has 0 saturated heterocycles. The number of nitrogens with zero attached hydrogens (tertiary/aromatic N) is 2. The molecule has 0 atom stereocenters. The van der Waals surface area contributed by atoms with Crippen molar-refractivity contribution in [3.05, 3.63) is 24.8 Å². The highest BCUT2D eigenvalue weighted by atomic mass is 16.1. The Kier molecular flexibility index (Phi) is 2.84. The lowest BCUT2D eigenvalue weighted by molar-refractivity contribution is -0.112. The number of primary amides is 1. The fourth-order valence-corrected chi connectivity index (χ4v) is 1.02. The highest BCUT2D eigenvalue weighted by molar-refractivity contribution is 6.17. The van der Waals surface area contributed by atoms with Crippen LogP contribution in [0.1, 0.15) is 19.0 Å². The number of amides is 1. The van der Waals surface area contributed by atoms with Crippen LogP contribution < -0.4 is 5.73 Å². The van der Waals surface area contributed by atoms with Crippen molar-refractivity contribution in [2.45, 2.75) is 19.9 Å². The third kappa shape index (κ3) is 2.18. The Bertz CT molecular complexity index is 327. The number of hydrogen-bond donors (Lipinski definition) is 1. The first kappa shape index (κ1) is 9.51. The second kappa shape index (κ2) is 3.89. The van der Waals surface area contributed by atoms with Crippen molar-refractivity contribution < 1.29 is 4.79 Å². The fourth-order valence-electron chi connectivity index (χ4n) is 1.02. The molecule has 4 nitrogen and oxygen atoms in total. The summed E-state index contributed by atoms with van der Waals surface area (Å²) in [7, 11) is 0. The zero-order valence-corrected chi connectivity index (χ0v) is 7.66. The molecule has 0 aromatic carbocycles. The average molecular weight is 179 g/mol. The van der Waals surface area contributed by atoms with Crippen LogP contribution in [0.3, 0.4) is 0 Å². The smallest absolute Gasteiger partial charge is 0.250 e. The molecule has 0 saturated carbocycles. The van der Waals surface area contributed by atoms with Gasteiger partial charge in [-0.2, -0.15) is 0 Å². The maximum absolute atomic E-state index is 10.7. The van der Waals surface area contributed by atoms with Gasteiger partial charge in [-0.3, -0.25) is 4.79 Å². The molecular formula is C9H13N3O. The van der Waals surface area contributed by atoms with E-state index in [0.717, 1.165) is 13.0 Å². The van der Waals surface area contributed by atoms with Gasteiger partial charge in [0.25, 0.3) is 0 Å². The van der Waals surface area contributed by atoms with E-state index in [-0.39, 0.29) is 5.57 Å². The lowest BCUT2D eigenvalue weighted by Gasteiger charge is -1.96. The van der Waals surface area contributed by atoms with Gasteiger partial charge in [0.2, 0.25) is 5.91 Å². The van der Waals surface area contributed by atoms with Crippen LogP contribution in [0.4, 0.5) is 0 Å². The quantitative estimate of drug-likeness (QED) is 0.695. The highest BCUT2D eigenvalue weighted by Gasteiger charge is 2.07. The topological polar surface area (TPSA) is 60.9 Å². The first-order valence-corrected chi connectivity index (χ1v) is 4.16. The maximum Gasteiger partial charge on any atom is 0.250 e. The van der Waals surface area contributed by atoms with Gasteiger partial charge in [-0.25, -0.2) is 4.98 Å². The molecule has 1 aromatic rings. The predicted octanol–water partition coefficient (Wildman–Crippen LogP) is 0.792. The lowest BCUT2D eigenvalue weighted by atomic mass is 10.2. The third-order valence-corrected chi connectivity index (χ3v) is 1.72. The fraction of sp³-hybridized carbons (Fsp3) is 0.333. The Morgan fingerprint density at radius 3 is 3.00 bits per heavy atom. The number of imidazole rings is 1. The van der Waals surface area contributed by atoms with Gasteiger partial charge in [0, 0.05) is 12.7 Å². The van der Waals surface area contributed by atoms with Gasteiger partial charge >= 0.3 is 0 Å². The zero-order chi connectivity index (χ0) is 9.84. The molecule has 0 bridgehead atoms. The molecule has 0 fully saturated rings. The van der Waals surface area contributed by atoms with E-state index in [4.69, 9.17) is 5.73 Å². The standard InChI is InChI=1S/C9H13N3O/c1-3-4-12-5-8(11-6-12)7(2)9(10)13/h5-6H,2-4H2,1H3,(H2,10,13). The van der Waals surface area contributed by atoms with Crippen molar-refractivity contribution >= 4 is 11.5 Å². The van der Waals surface area contributed by atoms with Crippen LogP contribution in [0.5, 0.6) is 0 Å². The third-order valence-electron chi connectivity index (χ3n) is 1.72. The van der Waals surface area contributed by atoms with Gasteiger partial charge < -0.3 is 10.3 Å². The molecule has 0 aliphatic heterocycles. The predicted molar refractivity (Wildman–Crippen MR) is 50.7 cm³/mol. The van der Waals surface area contributed by atoms with E-state index in [1.807, 2.05) is 4.57 Å². The Morgan fingerprint density at radius 2 is 2.46 bits per heavy atom. The SMILES string of the molecule is C=C(C(N)=O)c1cn(CCC)cn1. The lowest BCUT2D eigenvalue weighted by Crippen LogP contribution is -2.12. The Morgan fingerprint density at radius 1 is 1.77 bits per heavy atom. The summed E-state index contributed by atoms with van der Waals surface area (Å²) in [5.41, 5.74) is 5.88. The van der Waals surface area contributed by atoms with E-state index >= 15 is 0 Å². The summed E-state index contributed by atoms with van der Waals surface area (Å²) >= 11 is 0. The molecule has 1 amide bonds. The number of aryl methyl sites for hydroxylation is 1. The van der Waals surface area contributed by atoms with Gasteiger partial charge in [0.1, 0.15) is 0 Å². The van der Waals surface area contributed by atoms with Crippen molar-refractivity contribution in [2.75, 3.05) is 0 Å². The van der Waals surface area contributed by atoms with Gasteiger partial charge in [0.05, 0.1) is 17.6 Å². The van der Waals surface area contributed by atoms with Crippen LogP contribution >= 0.6 is 0 Å². The van der Waals surface area contributed by atoms with Gasteiger partial charge in [-0.05, 0) is 6.42 Å². The van der Waals surface area contributed by atoms with E-state index in [9.17, 15) is 4.79 Å². The monoisotopic (exact) mass is 179 g/mol. The molecule has 1 heterocycles. The van der Waals surface area contributed by atoms with Crippen LogP contribution in [-0.4, -0.2) is 15.5 Å². The summed E-state index contributed by atoms with van der Waals surface area (Å²) in [6.45, 7) is 6.51. The number of rotatable bonds is 4. The summed E-state index contributed by atoms with van der Waals surface area (Å²) < 4.78 is 1.91. The number of nitrogens with two attached hydrogens (primary N) is 1. The molecule has 1 rings (SSSR count). The molecule has 0 aliphatic carbocycles. The van der Waals surface area contributed by atoms with Crippen LogP contribution in [0.15, 0.2) is 19.1 Å². The molecule has 70 valence electrons. The van der Waals surface area contributed by atoms with Crippen molar-refractivity contribution in [1.82, 2.24) is 9.55 Å². The Hall–Kier alpha value is -1.58. The molecule has 0 unspecified atom stereocenters. The summed E-state index contributed by atoms with van der Waals surface area (Å²) in [4.78, 5) is 14.8. The maximum atomic E-state index is 10.7. The second-order valence-electron chi connectivity index (χ2n) is 2.84. The summed E-state index contributed by atoms with van der Waals surface area (Å²) in [6.07, 6.45) is 4.47. The van der Waals surface area contributed by atoms with Crippen LogP contribution in [0.2, 0.25) is 0 Å². The van der Waals surface area contributed by atoms with Gasteiger partial charge in [-0.15, -0.1) is 0 Å². The number of carbonyl (C=O) groups excluding carboxylic acids is 1. The number of carbonyl (C=O) groups is 1. The van der Waals surface area contributed by atoms with Crippen LogP contribution in [0.25, 0.3) is 5.57 Å². The van der Waals surface area contributed by atoms with E-state index in [0.29, 0.717) is 5.69 Å². The van der Waals surface area contributed by atoms with Crippen molar-refractivity contribution in [3.8, 4) is 0 Å². The minimum Gasteiger partial charge on any atom is -0.366 e. The summed E-state index contributed by atoms with van der Waals surface area (Å²) in [5, 5.41) is 0. The first-order valence-electron chi connectivity index (χ1n) is 4.16. The van der Waals surface area contributed by atoms with Crippen molar-refractivity contribution in [2.24, 2.45) is 5.73 Å². The van der Waals surface area contributed by atoms with Crippen molar-refractivity contribution in [1.29, 1.82) is 0 Å². The van der Waals surface area contributed by atoms with E-state index in [1.54, 1.807) is 12.5 Å². The number of aromatic nitrogens is 2. The Labute approximate surface area is 77.1 Å². The highest BCUT2D eigenvalue weighted by Crippen LogP contribution is 2.08. The Balaban J connectivity index is 2.79. The van der Waals surface area contributed by atoms with Crippen LogP contribution in [0, 0.1) is 0 Å². The molecule has 0 radical (unpaired) electrons. The van der Waals surface area contributed by atoms with Crippen molar-refractivity contribution in [3.63, 3.8) is 0 Å². The molecule has 4 heteroatoms.